The molecule has 2 atom stereocenters. The minimum absolute atomic E-state index is 0.0691. The van der Waals surface area contributed by atoms with E-state index in [9.17, 15) is 0 Å². The quantitative estimate of drug-likeness (QED) is 0.873. The Kier molecular flexibility index (Phi) is 3.32. The number of nitrogens with zero attached hydrogens (tertiary/aromatic N) is 3. The summed E-state index contributed by atoms with van der Waals surface area (Å²) >= 11 is 0. The summed E-state index contributed by atoms with van der Waals surface area (Å²) in [4.78, 5) is 6.95. The van der Waals surface area contributed by atoms with E-state index in [1.165, 1.54) is 12.8 Å². The van der Waals surface area contributed by atoms with Crippen molar-refractivity contribution in [3.63, 3.8) is 0 Å². The monoisotopic (exact) mass is 266 g/mol. The van der Waals surface area contributed by atoms with E-state index in [0.717, 1.165) is 19.7 Å². The summed E-state index contributed by atoms with van der Waals surface area (Å²) in [6.45, 7) is 7.28. The molecule has 2 aliphatic heterocycles. The van der Waals surface area contributed by atoms with Crippen molar-refractivity contribution < 1.29 is 9.26 Å². The molecule has 0 spiro atoms. The topological polar surface area (TPSA) is 77.4 Å². The van der Waals surface area contributed by atoms with Crippen LogP contribution in [0.15, 0.2) is 4.52 Å². The zero-order valence-corrected chi connectivity index (χ0v) is 11.6. The van der Waals surface area contributed by atoms with Crippen molar-refractivity contribution in [1.29, 1.82) is 0 Å². The van der Waals surface area contributed by atoms with Crippen LogP contribution < -0.4 is 5.73 Å². The van der Waals surface area contributed by atoms with Gasteiger partial charge < -0.3 is 15.0 Å². The SMILES string of the molecule is CC(C)(CN)c1nc(C2CN3CCCC3CO2)no1. The van der Waals surface area contributed by atoms with Crippen LogP contribution in [-0.4, -0.2) is 47.3 Å². The van der Waals surface area contributed by atoms with Gasteiger partial charge in [-0.25, -0.2) is 0 Å². The van der Waals surface area contributed by atoms with Gasteiger partial charge in [-0.2, -0.15) is 4.98 Å². The number of hydrogen-bond acceptors (Lipinski definition) is 6. The van der Waals surface area contributed by atoms with Crippen molar-refractivity contribution in [2.75, 3.05) is 26.2 Å². The maximum atomic E-state index is 5.88. The van der Waals surface area contributed by atoms with E-state index >= 15 is 0 Å². The molecule has 0 amide bonds. The Bertz CT molecular complexity index is 446. The number of ether oxygens (including phenoxy) is 1. The second kappa shape index (κ2) is 4.85. The van der Waals surface area contributed by atoms with Crippen molar-refractivity contribution in [3.05, 3.63) is 11.7 Å². The first-order valence-electron chi connectivity index (χ1n) is 7.00. The smallest absolute Gasteiger partial charge is 0.233 e. The number of hydrogen-bond donors (Lipinski definition) is 1. The summed E-state index contributed by atoms with van der Waals surface area (Å²) in [6, 6.07) is 0.586. The number of morpholine rings is 1. The third-order valence-electron chi connectivity index (χ3n) is 4.21. The van der Waals surface area contributed by atoms with E-state index in [0.29, 0.717) is 24.3 Å². The summed E-state index contributed by atoms with van der Waals surface area (Å²) in [5.41, 5.74) is 5.45. The summed E-state index contributed by atoms with van der Waals surface area (Å²) in [5.74, 6) is 1.25. The molecule has 0 aromatic carbocycles. The molecule has 2 N–H and O–H groups in total. The first-order valence-corrected chi connectivity index (χ1v) is 7.00. The fourth-order valence-corrected chi connectivity index (χ4v) is 2.70. The maximum absolute atomic E-state index is 5.88. The van der Waals surface area contributed by atoms with Crippen LogP contribution in [0.1, 0.15) is 44.5 Å². The van der Waals surface area contributed by atoms with Gasteiger partial charge in [-0.05, 0) is 33.2 Å². The average molecular weight is 266 g/mol. The van der Waals surface area contributed by atoms with Crippen molar-refractivity contribution >= 4 is 0 Å². The molecule has 2 fully saturated rings. The molecule has 1 aromatic heterocycles. The van der Waals surface area contributed by atoms with Gasteiger partial charge in [-0.3, -0.25) is 4.90 Å². The Morgan fingerprint density at radius 2 is 2.32 bits per heavy atom. The second-order valence-electron chi connectivity index (χ2n) is 6.16. The minimum Gasteiger partial charge on any atom is -0.367 e. The third-order valence-corrected chi connectivity index (χ3v) is 4.21. The molecule has 3 rings (SSSR count). The van der Waals surface area contributed by atoms with Gasteiger partial charge in [0.2, 0.25) is 11.7 Å². The lowest BCUT2D eigenvalue weighted by Crippen LogP contribution is -2.42. The lowest BCUT2D eigenvalue weighted by atomic mass is 9.94. The highest BCUT2D eigenvalue weighted by atomic mass is 16.5. The normalized spacial score (nSPS) is 28.6. The van der Waals surface area contributed by atoms with Crippen LogP contribution in [0.5, 0.6) is 0 Å². The Morgan fingerprint density at radius 1 is 1.47 bits per heavy atom. The molecule has 106 valence electrons. The highest BCUT2D eigenvalue weighted by Crippen LogP contribution is 2.30. The molecule has 2 saturated heterocycles. The van der Waals surface area contributed by atoms with Gasteiger partial charge in [-0.15, -0.1) is 0 Å². The van der Waals surface area contributed by atoms with Crippen LogP contribution >= 0.6 is 0 Å². The van der Waals surface area contributed by atoms with Crippen molar-refractivity contribution in [3.8, 4) is 0 Å². The van der Waals surface area contributed by atoms with Gasteiger partial charge >= 0.3 is 0 Å². The summed E-state index contributed by atoms with van der Waals surface area (Å²) in [6.07, 6.45) is 2.43. The molecule has 0 radical (unpaired) electrons. The van der Waals surface area contributed by atoms with Crippen LogP contribution in [0.4, 0.5) is 0 Å². The summed E-state index contributed by atoms with van der Waals surface area (Å²) in [5, 5.41) is 4.07. The van der Waals surface area contributed by atoms with Crippen LogP contribution in [0.25, 0.3) is 0 Å². The van der Waals surface area contributed by atoms with E-state index in [4.69, 9.17) is 15.0 Å². The van der Waals surface area contributed by atoms with E-state index in [2.05, 4.69) is 15.0 Å². The first-order chi connectivity index (χ1) is 9.10. The van der Waals surface area contributed by atoms with Gasteiger partial charge in [-0.1, -0.05) is 5.16 Å². The van der Waals surface area contributed by atoms with Gasteiger partial charge in [0, 0.05) is 19.1 Å². The first kappa shape index (κ1) is 13.0. The standard InChI is InChI=1S/C13H22N4O2/c1-13(2,8-14)12-15-11(16-19-12)10-6-17-5-3-4-9(17)7-18-10/h9-10H,3-8,14H2,1-2H3. The van der Waals surface area contributed by atoms with Crippen molar-refractivity contribution in [1.82, 2.24) is 15.0 Å². The van der Waals surface area contributed by atoms with Crippen molar-refractivity contribution in [2.24, 2.45) is 5.73 Å². The Morgan fingerprint density at radius 3 is 3.11 bits per heavy atom. The molecule has 2 unspecified atom stereocenters. The van der Waals surface area contributed by atoms with Gasteiger partial charge in [0.25, 0.3) is 0 Å². The molecule has 1 aromatic rings. The minimum atomic E-state index is -0.282. The number of aromatic nitrogens is 2. The lowest BCUT2D eigenvalue weighted by molar-refractivity contribution is -0.0548. The molecule has 0 bridgehead atoms. The van der Waals surface area contributed by atoms with Crippen LogP contribution in [-0.2, 0) is 10.2 Å². The highest BCUT2D eigenvalue weighted by molar-refractivity contribution is 5.04. The van der Waals surface area contributed by atoms with Crippen LogP contribution in [0.2, 0.25) is 0 Å². The average Bonchev–Trinajstić information content (AvgIpc) is 3.06. The molecular formula is C13H22N4O2. The molecule has 6 nitrogen and oxygen atoms in total. The predicted octanol–water partition coefficient (Wildman–Crippen LogP) is 0.842. The number of fused-ring (bicyclic) bond motifs is 1. The van der Waals surface area contributed by atoms with Crippen LogP contribution in [0, 0.1) is 0 Å². The fraction of sp³-hybridized carbons (Fsp3) is 0.846. The molecule has 6 heteroatoms. The van der Waals surface area contributed by atoms with E-state index < -0.39 is 0 Å². The fourth-order valence-electron chi connectivity index (χ4n) is 2.70. The van der Waals surface area contributed by atoms with E-state index in [1.807, 2.05) is 13.8 Å². The number of nitrogens with two attached hydrogens (primary N) is 1. The second-order valence-corrected chi connectivity index (χ2v) is 6.16. The maximum Gasteiger partial charge on any atom is 0.233 e. The molecule has 2 aliphatic rings. The van der Waals surface area contributed by atoms with E-state index in [1.54, 1.807) is 0 Å². The third kappa shape index (κ3) is 2.40. The summed E-state index contributed by atoms with van der Waals surface area (Å²) in [7, 11) is 0. The Labute approximate surface area is 113 Å². The lowest BCUT2D eigenvalue weighted by Gasteiger charge is -2.33. The Balaban J connectivity index is 1.73. The molecule has 0 saturated carbocycles. The van der Waals surface area contributed by atoms with Gasteiger partial charge in [0.15, 0.2) is 0 Å². The predicted molar refractivity (Wildman–Crippen MR) is 69.7 cm³/mol. The van der Waals surface area contributed by atoms with Crippen molar-refractivity contribution in [2.45, 2.75) is 44.2 Å². The number of rotatable bonds is 3. The summed E-state index contributed by atoms with van der Waals surface area (Å²) < 4.78 is 11.2. The largest absolute Gasteiger partial charge is 0.367 e. The molecule has 19 heavy (non-hydrogen) atoms. The van der Waals surface area contributed by atoms with Gasteiger partial charge in [0.05, 0.1) is 12.0 Å². The zero-order valence-electron chi connectivity index (χ0n) is 11.6. The van der Waals surface area contributed by atoms with Crippen LogP contribution in [0.3, 0.4) is 0 Å². The molecule has 0 aliphatic carbocycles. The van der Waals surface area contributed by atoms with E-state index in [-0.39, 0.29) is 11.5 Å². The highest BCUT2D eigenvalue weighted by Gasteiger charge is 2.36. The van der Waals surface area contributed by atoms with Gasteiger partial charge in [0.1, 0.15) is 6.10 Å². The molecule has 3 heterocycles. The molecular weight excluding hydrogens is 244 g/mol. The zero-order chi connectivity index (χ0) is 13.5. The Hall–Kier alpha value is -0.980.